The summed E-state index contributed by atoms with van der Waals surface area (Å²) in [6.45, 7) is -0.126. The lowest BCUT2D eigenvalue weighted by molar-refractivity contribution is -0.135. The summed E-state index contributed by atoms with van der Waals surface area (Å²) in [4.78, 5) is 39.5. The van der Waals surface area contributed by atoms with Gasteiger partial charge in [0.2, 0.25) is 5.91 Å². The molecule has 5 rings (SSSR count). The van der Waals surface area contributed by atoms with Gasteiger partial charge in [-0.1, -0.05) is 41.9 Å². The van der Waals surface area contributed by atoms with Crippen molar-refractivity contribution >= 4 is 35.1 Å². The van der Waals surface area contributed by atoms with Crippen LogP contribution in [0.4, 0.5) is 10.5 Å². The van der Waals surface area contributed by atoms with E-state index in [-0.39, 0.29) is 6.61 Å². The lowest BCUT2D eigenvalue weighted by atomic mass is 9.84. The van der Waals surface area contributed by atoms with E-state index in [0.29, 0.717) is 39.9 Å². The number of nitrogens with zero attached hydrogens (tertiary/aromatic N) is 1. The van der Waals surface area contributed by atoms with Crippen LogP contribution in [0.1, 0.15) is 12.0 Å². The second-order valence-corrected chi connectivity index (χ2v) is 8.33. The fourth-order valence-corrected chi connectivity index (χ4v) is 4.29. The van der Waals surface area contributed by atoms with Gasteiger partial charge < -0.3 is 20.1 Å². The van der Waals surface area contributed by atoms with E-state index in [2.05, 4.69) is 10.6 Å². The van der Waals surface area contributed by atoms with Crippen LogP contribution >= 0.6 is 11.6 Å². The number of hydrogen-bond acceptors (Lipinski definition) is 5. The first-order valence-electron chi connectivity index (χ1n) is 10.6. The van der Waals surface area contributed by atoms with Crippen molar-refractivity contribution in [3.05, 3.63) is 83.4 Å². The van der Waals surface area contributed by atoms with Crippen molar-refractivity contribution in [2.45, 2.75) is 12.0 Å². The Balaban J connectivity index is 1.25. The Hall–Kier alpha value is -4.04. The molecule has 2 heterocycles. The molecule has 2 aliphatic heterocycles. The van der Waals surface area contributed by atoms with Crippen LogP contribution in [0.5, 0.6) is 17.2 Å². The zero-order chi connectivity index (χ0) is 23.7. The summed E-state index contributed by atoms with van der Waals surface area (Å²) in [6, 6.07) is 20.3. The van der Waals surface area contributed by atoms with Crippen LogP contribution in [-0.4, -0.2) is 35.9 Å². The molecule has 1 atom stereocenters. The summed E-state index contributed by atoms with van der Waals surface area (Å²) in [6.07, 6.45) is 0.291. The highest BCUT2D eigenvalue weighted by molar-refractivity contribution is 6.32. The zero-order valence-corrected chi connectivity index (χ0v) is 18.7. The van der Waals surface area contributed by atoms with Gasteiger partial charge in [-0.15, -0.1) is 0 Å². The molecule has 1 saturated heterocycles. The fourth-order valence-electron chi connectivity index (χ4n) is 4.12. The molecule has 34 heavy (non-hydrogen) atoms. The second kappa shape index (κ2) is 8.72. The van der Waals surface area contributed by atoms with E-state index in [1.54, 1.807) is 60.7 Å². The number of anilines is 1. The zero-order valence-electron chi connectivity index (χ0n) is 17.9. The second-order valence-electron chi connectivity index (χ2n) is 7.93. The molecule has 1 spiro atoms. The number of amides is 4. The number of rotatable bonds is 5. The molecule has 1 fully saturated rings. The normalized spacial score (nSPS) is 18.8. The van der Waals surface area contributed by atoms with Crippen LogP contribution in [0.15, 0.2) is 72.8 Å². The van der Waals surface area contributed by atoms with Crippen LogP contribution in [0.25, 0.3) is 0 Å². The topological polar surface area (TPSA) is 97.0 Å². The summed E-state index contributed by atoms with van der Waals surface area (Å²) in [5.41, 5.74) is -0.129. The Kier molecular flexibility index (Phi) is 5.59. The predicted octanol–water partition coefficient (Wildman–Crippen LogP) is 4.30. The van der Waals surface area contributed by atoms with Crippen molar-refractivity contribution in [3.8, 4) is 17.2 Å². The molecule has 3 aromatic rings. The minimum Gasteiger partial charge on any atom is -0.493 e. The minimum absolute atomic E-state index is 0.283. The highest BCUT2D eigenvalue weighted by Gasteiger charge is 2.55. The molecule has 0 radical (unpaired) electrons. The van der Waals surface area contributed by atoms with Gasteiger partial charge in [0.05, 0.1) is 11.6 Å². The number of fused-ring (bicyclic) bond motifs is 2. The smallest absolute Gasteiger partial charge is 0.325 e. The van der Waals surface area contributed by atoms with E-state index in [9.17, 15) is 14.4 Å². The molecule has 9 heteroatoms. The first kappa shape index (κ1) is 21.8. The number of ether oxygens (including phenoxy) is 2. The van der Waals surface area contributed by atoms with Gasteiger partial charge in [0.15, 0.2) is 5.54 Å². The molecular formula is C25H20ClN3O5. The van der Waals surface area contributed by atoms with Gasteiger partial charge in [0.25, 0.3) is 5.91 Å². The van der Waals surface area contributed by atoms with E-state index in [4.69, 9.17) is 21.1 Å². The van der Waals surface area contributed by atoms with Gasteiger partial charge in [-0.3, -0.25) is 14.5 Å². The number of halogens is 1. The molecule has 172 valence electrons. The molecular weight excluding hydrogens is 458 g/mol. The number of carbonyl (C=O) groups is 3. The van der Waals surface area contributed by atoms with Crippen molar-refractivity contribution in [1.29, 1.82) is 0 Å². The van der Waals surface area contributed by atoms with Gasteiger partial charge >= 0.3 is 6.03 Å². The number of benzene rings is 3. The molecule has 0 bridgehead atoms. The Labute approximate surface area is 200 Å². The van der Waals surface area contributed by atoms with Gasteiger partial charge in [-0.25, -0.2) is 4.79 Å². The van der Waals surface area contributed by atoms with Crippen molar-refractivity contribution in [3.63, 3.8) is 0 Å². The van der Waals surface area contributed by atoms with Crippen LogP contribution in [0.2, 0.25) is 5.02 Å². The van der Waals surface area contributed by atoms with Crippen LogP contribution < -0.4 is 20.1 Å². The van der Waals surface area contributed by atoms with E-state index in [1.165, 1.54) is 0 Å². The SMILES string of the molecule is O=C(CN1C(=O)NC2(CCOc3ccccc32)C1=O)Nc1ccc(Oc2ccccc2Cl)cc1. The van der Waals surface area contributed by atoms with Crippen LogP contribution in [0.3, 0.4) is 0 Å². The van der Waals surface area contributed by atoms with E-state index < -0.39 is 29.9 Å². The molecule has 0 aliphatic carbocycles. The molecule has 1 unspecified atom stereocenters. The highest BCUT2D eigenvalue weighted by atomic mass is 35.5. The van der Waals surface area contributed by atoms with Crippen LogP contribution in [-0.2, 0) is 15.1 Å². The molecule has 2 aliphatic rings. The van der Waals surface area contributed by atoms with E-state index >= 15 is 0 Å². The largest absolute Gasteiger partial charge is 0.493 e. The quantitative estimate of drug-likeness (QED) is 0.534. The average molecular weight is 478 g/mol. The summed E-state index contributed by atoms with van der Waals surface area (Å²) in [7, 11) is 0. The first-order chi connectivity index (χ1) is 16.5. The van der Waals surface area contributed by atoms with Gasteiger partial charge in [-0.05, 0) is 42.5 Å². The van der Waals surface area contributed by atoms with Gasteiger partial charge in [0.1, 0.15) is 23.8 Å². The maximum absolute atomic E-state index is 13.3. The van der Waals surface area contributed by atoms with Crippen molar-refractivity contribution in [2.24, 2.45) is 0 Å². The summed E-state index contributed by atoms with van der Waals surface area (Å²) in [5, 5.41) is 5.97. The van der Waals surface area contributed by atoms with Crippen molar-refractivity contribution in [1.82, 2.24) is 10.2 Å². The Morgan fingerprint density at radius 3 is 2.59 bits per heavy atom. The number of imide groups is 1. The first-order valence-corrected chi connectivity index (χ1v) is 11.0. The maximum Gasteiger partial charge on any atom is 0.325 e. The lowest BCUT2D eigenvalue weighted by Crippen LogP contribution is -2.48. The maximum atomic E-state index is 13.3. The molecule has 3 aromatic carbocycles. The Bertz CT molecular complexity index is 1280. The van der Waals surface area contributed by atoms with Crippen LogP contribution in [0, 0.1) is 0 Å². The van der Waals surface area contributed by atoms with Gasteiger partial charge in [-0.2, -0.15) is 0 Å². The average Bonchev–Trinajstić information content (AvgIpc) is 3.06. The number of carbonyl (C=O) groups excluding carboxylic acids is 3. The third-order valence-corrected chi connectivity index (χ3v) is 6.07. The molecule has 0 saturated carbocycles. The van der Waals surface area contributed by atoms with Crippen molar-refractivity contribution in [2.75, 3.05) is 18.5 Å². The number of para-hydroxylation sites is 2. The van der Waals surface area contributed by atoms with Gasteiger partial charge in [0, 0.05) is 17.7 Å². The Morgan fingerprint density at radius 2 is 1.79 bits per heavy atom. The number of urea groups is 1. The third kappa shape index (κ3) is 3.92. The standard InChI is InChI=1S/C25H20ClN3O5/c26-19-6-2-4-8-21(19)34-17-11-9-16(10-12-17)27-22(30)15-29-23(31)25(28-24(29)32)13-14-33-20-7-3-1-5-18(20)25/h1-12H,13-15H2,(H,27,30)(H,28,32). The molecule has 2 N–H and O–H groups in total. The van der Waals surface area contributed by atoms with E-state index in [0.717, 1.165) is 4.90 Å². The predicted molar refractivity (Wildman–Crippen MR) is 125 cm³/mol. The monoisotopic (exact) mass is 477 g/mol. The summed E-state index contributed by atoms with van der Waals surface area (Å²) in [5.74, 6) is 0.642. The number of nitrogens with one attached hydrogen (secondary N) is 2. The lowest BCUT2D eigenvalue weighted by Gasteiger charge is -2.33. The fraction of sp³-hybridized carbons (Fsp3) is 0.160. The number of hydrogen-bond donors (Lipinski definition) is 2. The molecule has 4 amide bonds. The Morgan fingerprint density at radius 1 is 1.06 bits per heavy atom. The highest BCUT2D eigenvalue weighted by Crippen LogP contribution is 2.41. The van der Waals surface area contributed by atoms with E-state index in [1.807, 2.05) is 12.1 Å². The van der Waals surface area contributed by atoms with Crippen molar-refractivity contribution < 1.29 is 23.9 Å². The molecule has 0 aromatic heterocycles. The summed E-state index contributed by atoms with van der Waals surface area (Å²) >= 11 is 6.11. The third-order valence-electron chi connectivity index (χ3n) is 5.76. The molecule has 8 nitrogen and oxygen atoms in total. The summed E-state index contributed by atoms with van der Waals surface area (Å²) < 4.78 is 11.4. The minimum atomic E-state index is -1.22.